The van der Waals surface area contributed by atoms with Gasteiger partial charge in [-0.05, 0) is 74.7 Å². The highest BCUT2D eigenvalue weighted by Gasteiger charge is 2.50. The summed E-state index contributed by atoms with van der Waals surface area (Å²) in [5, 5.41) is 0. The van der Waals surface area contributed by atoms with E-state index < -0.39 is 0 Å². The van der Waals surface area contributed by atoms with Gasteiger partial charge < -0.3 is 9.64 Å². The van der Waals surface area contributed by atoms with Crippen molar-refractivity contribution in [2.45, 2.75) is 44.6 Å². The molecule has 1 heterocycles. The molecule has 0 spiro atoms. The zero-order valence-electron chi connectivity index (χ0n) is 14.9. The van der Waals surface area contributed by atoms with Crippen molar-refractivity contribution in [2.75, 3.05) is 20.7 Å². The van der Waals surface area contributed by atoms with E-state index in [4.69, 9.17) is 4.74 Å². The normalized spacial score (nSPS) is 36.2. The fourth-order valence-electron chi connectivity index (χ4n) is 5.78. The predicted molar refractivity (Wildman–Crippen MR) is 95.2 cm³/mol. The second kappa shape index (κ2) is 6.51. The second-order valence-corrected chi connectivity index (χ2v) is 8.10. The number of methoxy groups -OCH3 is 1. The molecule has 2 saturated carbocycles. The van der Waals surface area contributed by atoms with Gasteiger partial charge in [-0.1, -0.05) is 18.6 Å². The van der Waals surface area contributed by atoms with Crippen LogP contribution in [-0.4, -0.2) is 37.4 Å². The number of likely N-dealkylation sites (tertiary alicyclic amines) is 1. The number of hydrogen-bond acceptors (Lipinski definition) is 3. The molecule has 3 aliphatic rings. The van der Waals surface area contributed by atoms with Crippen molar-refractivity contribution in [3.8, 4) is 5.75 Å². The topological polar surface area (TPSA) is 29.5 Å². The first kappa shape index (κ1) is 16.1. The molecular weight excluding hydrogens is 298 g/mol. The van der Waals surface area contributed by atoms with Crippen LogP contribution in [0.3, 0.4) is 0 Å². The average Bonchev–Trinajstić information content (AvgIpc) is 2.61. The lowest BCUT2D eigenvalue weighted by atomic mass is 9.56. The lowest BCUT2D eigenvalue weighted by molar-refractivity contribution is -0.138. The molecule has 0 unspecified atom stereocenters. The van der Waals surface area contributed by atoms with E-state index in [0.29, 0.717) is 23.7 Å². The van der Waals surface area contributed by atoms with Crippen LogP contribution in [0.5, 0.6) is 5.75 Å². The van der Waals surface area contributed by atoms with Crippen LogP contribution in [0.2, 0.25) is 0 Å². The number of carbonyl (C=O) groups excluding carboxylic acids is 1. The van der Waals surface area contributed by atoms with Crippen molar-refractivity contribution in [3.63, 3.8) is 0 Å². The number of nitrogens with zero attached hydrogens (tertiary/aromatic N) is 1. The van der Waals surface area contributed by atoms with Gasteiger partial charge in [0.2, 0.25) is 0 Å². The molecule has 0 aromatic heterocycles. The molecular formula is C21H29NO2. The van der Waals surface area contributed by atoms with Gasteiger partial charge >= 0.3 is 0 Å². The Balaban J connectivity index is 1.57. The molecule has 1 saturated heterocycles. The van der Waals surface area contributed by atoms with E-state index in [9.17, 15) is 4.79 Å². The van der Waals surface area contributed by atoms with E-state index in [1.165, 1.54) is 37.8 Å². The van der Waals surface area contributed by atoms with Crippen molar-refractivity contribution in [2.24, 2.45) is 23.7 Å². The minimum atomic E-state index is 0.231. The van der Waals surface area contributed by atoms with Gasteiger partial charge in [0.05, 0.1) is 7.11 Å². The zero-order valence-corrected chi connectivity index (χ0v) is 14.9. The zero-order chi connectivity index (χ0) is 16.7. The Labute approximate surface area is 145 Å². The van der Waals surface area contributed by atoms with Gasteiger partial charge in [-0.2, -0.15) is 0 Å². The summed E-state index contributed by atoms with van der Waals surface area (Å²) >= 11 is 0. The molecule has 1 aliphatic heterocycles. The highest BCUT2D eigenvalue weighted by molar-refractivity contribution is 5.83. The van der Waals surface area contributed by atoms with Gasteiger partial charge in [0.1, 0.15) is 11.5 Å². The number of Topliss-reactive ketones (excluding diaryl/α,β-unsaturated/α-hetero) is 1. The Hall–Kier alpha value is -1.35. The lowest BCUT2D eigenvalue weighted by Crippen LogP contribution is -2.57. The Morgan fingerprint density at radius 1 is 1.17 bits per heavy atom. The summed E-state index contributed by atoms with van der Waals surface area (Å²) in [6, 6.07) is 9.01. The van der Waals surface area contributed by atoms with E-state index in [1.807, 2.05) is 12.1 Å². The monoisotopic (exact) mass is 327 g/mol. The number of hydrogen-bond donors (Lipinski definition) is 0. The first-order valence-corrected chi connectivity index (χ1v) is 9.53. The molecule has 4 rings (SSSR count). The van der Waals surface area contributed by atoms with E-state index in [-0.39, 0.29) is 5.92 Å². The molecule has 0 radical (unpaired) electrons. The summed E-state index contributed by atoms with van der Waals surface area (Å²) in [6.07, 6.45) is 6.82. The Morgan fingerprint density at radius 2 is 1.96 bits per heavy atom. The van der Waals surface area contributed by atoms with Crippen LogP contribution in [0.25, 0.3) is 0 Å². The predicted octanol–water partition coefficient (Wildman–Crippen LogP) is 3.56. The summed E-state index contributed by atoms with van der Waals surface area (Å²) in [4.78, 5) is 15.5. The molecule has 0 N–H and O–H groups in total. The van der Waals surface area contributed by atoms with Gasteiger partial charge in [-0.3, -0.25) is 4.79 Å². The van der Waals surface area contributed by atoms with E-state index in [1.54, 1.807) is 7.11 Å². The summed E-state index contributed by atoms with van der Waals surface area (Å²) in [5.74, 6) is 3.64. The van der Waals surface area contributed by atoms with Gasteiger partial charge in [0.15, 0.2) is 0 Å². The Kier molecular flexibility index (Phi) is 4.38. The van der Waals surface area contributed by atoms with E-state index in [2.05, 4.69) is 24.1 Å². The number of ketones is 1. The summed E-state index contributed by atoms with van der Waals surface area (Å²) in [6.45, 7) is 1.18. The smallest absolute Gasteiger partial charge is 0.136 e. The quantitative estimate of drug-likeness (QED) is 0.850. The molecule has 3 heteroatoms. The Morgan fingerprint density at radius 3 is 2.71 bits per heavy atom. The van der Waals surface area contributed by atoms with Crippen molar-refractivity contribution >= 4 is 5.78 Å². The van der Waals surface area contributed by atoms with Crippen molar-refractivity contribution < 1.29 is 9.53 Å². The summed E-state index contributed by atoms with van der Waals surface area (Å²) in [7, 11) is 3.99. The van der Waals surface area contributed by atoms with Crippen molar-refractivity contribution in [1.29, 1.82) is 0 Å². The van der Waals surface area contributed by atoms with Crippen LogP contribution < -0.4 is 4.74 Å². The summed E-state index contributed by atoms with van der Waals surface area (Å²) < 4.78 is 5.26. The number of piperidine rings is 1. The fourth-order valence-corrected chi connectivity index (χ4v) is 5.78. The lowest BCUT2D eigenvalue weighted by Gasteiger charge is -2.54. The van der Waals surface area contributed by atoms with Gasteiger partial charge in [-0.15, -0.1) is 0 Å². The fraction of sp³-hybridized carbons (Fsp3) is 0.667. The maximum atomic E-state index is 12.9. The maximum absolute atomic E-state index is 12.9. The van der Waals surface area contributed by atoms with E-state index >= 15 is 0 Å². The van der Waals surface area contributed by atoms with Crippen molar-refractivity contribution in [3.05, 3.63) is 29.8 Å². The third-order valence-corrected chi connectivity index (χ3v) is 6.95. The average molecular weight is 327 g/mol. The first-order chi connectivity index (χ1) is 11.7. The molecule has 3 fully saturated rings. The minimum Gasteiger partial charge on any atom is -0.497 e. The van der Waals surface area contributed by atoms with Crippen LogP contribution in [0.4, 0.5) is 0 Å². The molecule has 1 aromatic carbocycles. The number of carbonyl (C=O) groups is 1. The molecule has 5 atom stereocenters. The summed E-state index contributed by atoms with van der Waals surface area (Å²) in [5.41, 5.74) is 1.28. The highest BCUT2D eigenvalue weighted by atomic mass is 16.5. The number of rotatable bonds is 3. The molecule has 130 valence electrons. The van der Waals surface area contributed by atoms with Gasteiger partial charge in [-0.25, -0.2) is 0 Å². The maximum Gasteiger partial charge on any atom is 0.136 e. The molecule has 2 aliphatic carbocycles. The first-order valence-electron chi connectivity index (χ1n) is 9.53. The van der Waals surface area contributed by atoms with Crippen LogP contribution >= 0.6 is 0 Å². The highest BCUT2D eigenvalue weighted by Crippen LogP contribution is 2.50. The minimum absolute atomic E-state index is 0.231. The second-order valence-electron chi connectivity index (χ2n) is 8.10. The molecule has 24 heavy (non-hydrogen) atoms. The third kappa shape index (κ3) is 2.77. The largest absolute Gasteiger partial charge is 0.497 e. The van der Waals surface area contributed by atoms with Crippen LogP contribution in [-0.2, 0) is 11.2 Å². The Bertz CT molecular complexity index is 596. The molecule has 1 aromatic rings. The van der Waals surface area contributed by atoms with Crippen molar-refractivity contribution in [1.82, 2.24) is 4.90 Å². The van der Waals surface area contributed by atoms with Crippen LogP contribution in [0.1, 0.15) is 37.7 Å². The number of ether oxygens (including phenoxy) is 1. The van der Waals surface area contributed by atoms with Gasteiger partial charge in [0.25, 0.3) is 0 Å². The third-order valence-electron chi connectivity index (χ3n) is 6.95. The molecule has 0 bridgehead atoms. The SMILES string of the molecule is COc1ccc(C[C@@H]2C(=O)C[C@H]3CCN(C)[C@H]4CCC[C@@H]2[C@H]34)cc1. The molecule has 3 nitrogen and oxygen atoms in total. The van der Waals surface area contributed by atoms with E-state index in [0.717, 1.165) is 24.5 Å². The molecule has 0 amide bonds. The van der Waals surface area contributed by atoms with Crippen LogP contribution in [0, 0.1) is 23.7 Å². The van der Waals surface area contributed by atoms with Crippen LogP contribution in [0.15, 0.2) is 24.3 Å². The van der Waals surface area contributed by atoms with Gasteiger partial charge in [0, 0.05) is 18.4 Å². The number of benzene rings is 1. The standard InChI is InChI=1S/C21H29NO2/c1-22-11-10-15-13-20(23)18(17-4-3-5-19(22)21(15)17)12-14-6-8-16(24-2)9-7-14/h6-9,15,17-19,21H,3-5,10-13H2,1-2H3/t15-,17+,18+,19+,21+/m1/s1.